The molecule has 6 heteroatoms. The number of benzene rings is 2. The van der Waals surface area contributed by atoms with Crippen LogP contribution in [0.15, 0.2) is 59.6 Å². The van der Waals surface area contributed by atoms with Gasteiger partial charge in [0.1, 0.15) is 5.75 Å². The molecule has 0 saturated heterocycles. The van der Waals surface area contributed by atoms with Gasteiger partial charge >= 0.3 is 0 Å². The minimum atomic E-state index is 0.660. The summed E-state index contributed by atoms with van der Waals surface area (Å²) in [4.78, 5) is 4.34. The Morgan fingerprint density at radius 2 is 1.90 bits per heavy atom. The van der Waals surface area contributed by atoms with Crippen molar-refractivity contribution in [2.45, 2.75) is 26.8 Å². The fraction of sp³-hybridized carbons (Fsp3) is 0.304. The number of hydrogen-bond acceptors (Lipinski definition) is 3. The van der Waals surface area contributed by atoms with Crippen LogP contribution >= 0.6 is 0 Å². The normalized spacial score (nSPS) is 11.4. The van der Waals surface area contributed by atoms with Gasteiger partial charge in [-0.2, -0.15) is 5.10 Å². The zero-order valence-corrected chi connectivity index (χ0v) is 17.6. The summed E-state index contributed by atoms with van der Waals surface area (Å²) in [5.74, 6) is 1.65. The maximum atomic E-state index is 5.28. The Balaban J connectivity index is 1.59. The van der Waals surface area contributed by atoms with Crippen molar-refractivity contribution in [3.63, 3.8) is 0 Å². The molecule has 1 aromatic heterocycles. The third-order valence-corrected chi connectivity index (χ3v) is 4.74. The van der Waals surface area contributed by atoms with E-state index in [1.165, 1.54) is 5.56 Å². The lowest BCUT2D eigenvalue weighted by Gasteiger charge is -2.15. The van der Waals surface area contributed by atoms with Gasteiger partial charge in [0.2, 0.25) is 0 Å². The lowest BCUT2D eigenvalue weighted by molar-refractivity contribution is 0.414. The van der Waals surface area contributed by atoms with E-state index in [1.54, 1.807) is 14.2 Å². The van der Waals surface area contributed by atoms with Crippen LogP contribution in [0.2, 0.25) is 0 Å². The molecule has 0 aliphatic rings. The summed E-state index contributed by atoms with van der Waals surface area (Å²) in [6, 6.07) is 18.5. The van der Waals surface area contributed by atoms with Gasteiger partial charge in [-0.25, -0.2) is 4.68 Å². The van der Waals surface area contributed by atoms with Crippen molar-refractivity contribution in [1.29, 1.82) is 0 Å². The Kier molecular flexibility index (Phi) is 6.89. The fourth-order valence-electron chi connectivity index (χ4n) is 3.29. The molecule has 0 aliphatic carbocycles. The predicted octanol–water partition coefficient (Wildman–Crippen LogP) is 3.41. The highest BCUT2D eigenvalue weighted by Gasteiger charge is 2.09. The van der Waals surface area contributed by atoms with E-state index in [2.05, 4.69) is 58.0 Å². The van der Waals surface area contributed by atoms with Gasteiger partial charge < -0.3 is 15.4 Å². The van der Waals surface area contributed by atoms with E-state index in [0.29, 0.717) is 6.54 Å². The third kappa shape index (κ3) is 5.38. The van der Waals surface area contributed by atoms with Crippen LogP contribution in [0, 0.1) is 13.8 Å². The number of aromatic nitrogens is 2. The monoisotopic (exact) mass is 391 g/mol. The molecule has 29 heavy (non-hydrogen) atoms. The van der Waals surface area contributed by atoms with Crippen molar-refractivity contribution in [3.05, 3.63) is 77.1 Å². The van der Waals surface area contributed by atoms with Crippen LogP contribution in [0.1, 0.15) is 22.5 Å². The summed E-state index contributed by atoms with van der Waals surface area (Å²) >= 11 is 0. The van der Waals surface area contributed by atoms with E-state index in [4.69, 9.17) is 4.74 Å². The molecule has 0 aliphatic heterocycles. The average Bonchev–Trinajstić information content (AvgIpc) is 3.08. The Hall–Kier alpha value is -3.28. The lowest BCUT2D eigenvalue weighted by Crippen LogP contribution is -2.38. The van der Waals surface area contributed by atoms with Crippen LogP contribution in [-0.2, 0) is 13.0 Å². The van der Waals surface area contributed by atoms with Gasteiger partial charge in [-0.15, -0.1) is 0 Å². The van der Waals surface area contributed by atoms with Crippen LogP contribution in [0.5, 0.6) is 5.75 Å². The number of para-hydroxylation sites is 1. The average molecular weight is 392 g/mol. The molecule has 0 bridgehead atoms. The van der Waals surface area contributed by atoms with Crippen molar-refractivity contribution in [2.24, 2.45) is 4.99 Å². The molecule has 0 unspecified atom stereocenters. The van der Waals surface area contributed by atoms with Crippen LogP contribution in [0.4, 0.5) is 0 Å². The number of rotatable bonds is 7. The lowest BCUT2D eigenvalue weighted by atomic mass is 10.1. The molecule has 0 saturated carbocycles. The number of hydrogen-bond donors (Lipinski definition) is 2. The summed E-state index contributed by atoms with van der Waals surface area (Å²) < 4.78 is 7.28. The molecule has 3 rings (SSSR count). The van der Waals surface area contributed by atoms with Crippen molar-refractivity contribution in [1.82, 2.24) is 20.4 Å². The molecule has 0 spiro atoms. The van der Waals surface area contributed by atoms with Crippen molar-refractivity contribution >= 4 is 5.96 Å². The summed E-state index contributed by atoms with van der Waals surface area (Å²) in [6.07, 6.45) is 0.889. The van der Waals surface area contributed by atoms with Crippen molar-refractivity contribution < 1.29 is 4.74 Å². The molecular formula is C23H29N5O. The van der Waals surface area contributed by atoms with E-state index < -0.39 is 0 Å². The van der Waals surface area contributed by atoms with Gasteiger partial charge in [0, 0.05) is 25.8 Å². The zero-order valence-electron chi connectivity index (χ0n) is 17.6. The number of ether oxygens (including phenoxy) is 1. The first kappa shape index (κ1) is 20.5. The Labute approximate surface area is 172 Å². The molecule has 6 nitrogen and oxygen atoms in total. The standard InChI is InChI=1S/C23H29N5O/c1-17-14-18(2)28(27-17)22-11-6-5-9-20(22)16-26-23(24-3)25-13-12-19-8-7-10-21(15-19)29-4/h5-11,14-15H,12-13,16H2,1-4H3,(H2,24,25,26). The van der Waals surface area contributed by atoms with Gasteiger partial charge in [-0.3, -0.25) is 4.99 Å². The summed E-state index contributed by atoms with van der Waals surface area (Å²) in [5, 5.41) is 11.4. The van der Waals surface area contributed by atoms with Crippen LogP contribution in [0.25, 0.3) is 5.69 Å². The fourth-order valence-corrected chi connectivity index (χ4v) is 3.29. The quantitative estimate of drug-likeness (QED) is 0.479. The smallest absolute Gasteiger partial charge is 0.191 e. The SMILES string of the molecule is CN=C(NCCc1cccc(OC)c1)NCc1ccccc1-n1nc(C)cc1C. The zero-order chi connectivity index (χ0) is 20.6. The number of aryl methyl sites for hydroxylation is 2. The largest absolute Gasteiger partial charge is 0.497 e. The summed E-state index contributed by atoms with van der Waals surface area (Å²) in [5.41, 5.74) is 5.60. The number of methoxy groups -OCH3 is 1. The molecule has 0 fully saturated rings. The van der Waals surface area contributed by atoms with Gasteiger partial charge in [-0.05, 0) is 55.7 Å². The van der Waals surface area contributed by atoms with Crippen LogP contribution < -0.4 is 15.4 Å². The summed E-state index contributed by atoms with van der Waals surface area (Å²) in [7, 11) is 3.47. The van der Waals surface area contributed by atoms with Crippen molar-refractivity contribution in [2.75, 3.05) is 20.7 Å². The topological polar surface area (TPSA) is 63.5 Å². The Morgan fingerprint density at radius 1 is 1.07 bits per heavy atom. The van der Waals surface area contributed by atoms with Gasteiger partial charge in [-0.1, -0.05) is 30.3 Å². The van der Waals surface area contributed by atoms with E-state index >= 15 is 0 Å². The molecule has 3 aromatic rings. The number of nitrogens with zero attached hydrogens (tertiary/aromatic N) is 3. The van der Waals surface area contributed by atoms with Crippen molar-refractivity contribution in [3.8, 4) is 11.4 Å². The number of aliphatic imine (C=N–C) groups is 1. The molecule has 0 radical (unpaired) electrons. The number of guanidine groups is 1. The van der Waals surface area contributed by atoms with Crippen LogP contribution in [0.3, 0.4) is 0 Å². The highest BCUT2D eigenvalue weighted by molar-refractivity contribution is 5.79. The molecule has 2 aromatic carbocycles. The molecule has 2 N–H and O–H groups in total. The highest BCUT2D eigenvalue weighted by Crippen LogP contribution is 2.17. The predicted molar refractivity (Wildman–Crippen MR) is 118 cm³/mol. The summed E-state index contributed by atoms with van der Waals surface area (Å²) in [6.45, 7) is 5.53. The first-order valence-electron chi connectivity index (χ1n) is 9.79. The van der Waals surface area contributed by atoms with Crippen LogP contribution in [-0.4, -0.2) is 36.4 Å². The van der Waals surface area contributed by atoms with E-state index in [1.807, 2.05) is 35.9 Å². The molecule has 152 valence electrons. The molecule has 1 heterocycles. The molecule has 0 atom stereocenters. The minimum absolute atomic E-state index is 0.660. The third-order valence-electron chi connectivity index (χ3n) is 4.74. The second kappa shape index (κ2) is 9.78. The maximum absolute atomic E-state index is 5.28. The second-order valence-corrected chi connectivity index (χ2v) is 6.92. The van der Waals surface area contributed by atoms with Gasteiger partial charge in [0.15, 0.2) is 5.96 Å². The molecule has 0 amide bonds. The van der Waals surface area contributed by atoms with Gasteiger partial charge in [0.05, 0.1) is 18.5 Å². The van der Waals surface area contributed by atoms with E-state index in [0.717, 1.165) is 47.3 Å². The first-order chi connectivity index (χ1) is 14.1. The second-order valence-electron chi connectivity index (χ2n) is 6.92. The van der Waals surface area contributed by atoms with E-state index in [-0.39, 0.29) is 0 Å². The molecular weight excluding hydrogens is 362 g/mol. The van der Waals surface area contributed by atoms with E-state index in [9.17, 15) is 0 Å². The first-order valence-corrected chi connectivity index (χ1v) is 9.79. The maximum Gasteiger partial charge on any atom is 0.191 e. The number of nitrogens with one attached hydrogen (secondary N) is 2. The minimum Gasteiger partial charge on any atom is -0.497 e. The van der Waals surface area contributed by atoms with Gasteiger partial charge in [0.25, 0.3) is 0 Å². The Morgan fingerprint density at radius 3 is 2.62 bits per heavy atom. The highest BCUT2D eigenvalue weighted by atomic mass is 16.5. The Bertz CT molecular complexity index is 977.